The van der Waals surface area contributed by atoms with Crippen molar-refractivity contribution in [2.24, 2.45) is 5.14 Å². The van der Waals surface area contributed by atoms with Gasteiger partial charge in [0.15, 0.2) is 0 Å². The van der Waals surface area contributed by atoms with Gasteiger partial charge in [-0.2, -0.15) is 0 Å². The molecule has 0 aliphatic heterocycles. The van der Waals surface area contributed by atoms with Gasteiger partial charge in [-0.3, -0.25) is 4.79 Å². The van der Waals surface area contributed by atoms with Crippen molar-refractivity contribution in [3.05, 3.63) is 58.9 Å². The molecular formula is C15H15FN2O3S. The zero-order valence-electron chi connectivity index (χ0n) is 12.1. The van der Waals surface area contributed by atoms with Gasteiger partial charge in [-0.1, -0.05) is 12.1 Å². The minimum absolute atomic E-state index is 0.112. The molecule has 3 N–H and O–H groups in total. The Morgan fingerprint density at radius 2 is 1.82 bits per heavy atom. The van der Waals surface area contributed by atoms with Gasteiger partial charge >= 0.3 is 0 Å². The fourth-order valence-corrected chi connectivity index (χ4v) is 2.58. The molecule has 0 unspecified atom stereocenters. The van der Waals surface area contributed by atoms with E-state index in [0.29, 0.717) is 11.1 Å². The highest BCUT2D eigenvalue weighted by atomic mass is 32.2. The molecule has 0 aromatic heterocycles. The molecule has 2 aromatic carbocycles. The van der Waals surface area contributed by atoms with Crippen LogP contribution in [0.25, 0.3) is 0 Å². The third-order valence-corrected chi connectivity index (χ3v) is 4.23. The molecule has 1 amide bonds. The van der Waals surface area contributed by atoms with E-state index >= 15 is 0 Å². The number of amides is 1. The number of nitrogens with one attached hydrogen (secondary N) is 1. The van der Waals surface area contributed by atoms with Gasteiger partial charge in [0.05, 0.1) is 10.5 Å². The maximum absolute atomic E-state index is 13.6. The number of anilines is 1. The van der Waals surface area contributed by atoms with Crippen LogP contribution in [0.1, 0.15) is 21.5 Å². The Labute approximate surface area is 128 Å². The van der Waals surface area contributed by atoms with Gasteiger partial charge in [-0.25, -0.2) is 17.9 Å². The number of primary sulfonamides is 1. The van der Waals surface area contributed by atoms with Crippen LogP contribution < -0.4 is 10.5 Å². The lowest BCUT2D eigenvalue weighted by Crippen LogP contribution is -2.17. The molecule has 0 bridgehead atoms. The van der Waals surface area contributed by atoms with E-state index in [9.17, 15) is 17.6 Å². The number of aryl methyl sites for hydroxylation is 1. The van der Waals surface area contributed by atoms with Gasteiger partial charge in [-0.05, 0) is 49.2 Å². The first-order chi connectivity index (χ1) is 10.2. The smallest absolute Gasteiger partial charge is 0.258 e. The second-order valence-electron chi connectivity index (χ2n) is 4.89. The van der Waals surface area contributed by atoms with E-state index in [1.54, 1.807) is 13.8 Å². The van der Waals surface area contributed by atoms with Crippen LogP contribution in [0.15, 0.2) is 41.3 Å². The Hall–Kier alpha value is -2.25. The Balaban J connectivity index is 2.44. The number of carbonyl (C=O) groups is 1. The van der Waals surface area contributed by atoms with Crippen molar-refractivity contribution in [1.82, 2.24) is 0 Å². The van der Waals surface area contributed by atoms with Crippen LogP contribution in [0.5, 0.6) is 0 Å². The molecule has 0 atom stereocenters. The molecule has 0 fully saturated rings. The summed E-state index contributed by atoms with van der Waals surface area (Å²) in [6.45, 7) is 3.42. The summed E-state index contributed by atoms with van der Waals surface area (Å²) in [4.78, 5) is 12.0. The van der Waals surface area contributed by atoms with E-state index in [0.717, 1.165) is 0 Å². The van der Waals surface area contributed by atoms with Crippen LogP contribution in [0.3, 0.4) is 0 Å². The number of carbonyl (C=O) groups excluding carboxylic acids is 1. The van der Waals surface area contributed by atoms with Crippen molar-refractivity contribution in [2.75, 3.05) is 5.32 Å². The average Bonchev–Trinajstić information content (AvgIpc) is 2.42. The fraction of sp³-hybridized carbons (Fsp3) is 0.133. The van der Waals surface area contributed by atoms with Gasteiger partial charge in [-0.15, -0.1) is 0 Å². The SMILES string of the molecule is Cc1cc(S(N)(=O)=O)cc(NC(=O)c2ccccc2F)c1C. The normalized spacial score (nSPS) is 11.3. The van der Waals surface area contributed by atoms with Crippen LogP contribution >= 0.6 is 0 Å². The van der Waals surface area contributed by atoms with Crippen LogP contribution in [-0.2, 0) is 10.0 Å². The Bertz CT molecular complexity index is 848. The summed E-state index contributed by atoms with van der Waals surface area (Å²) in [5.41, 5.74) is 1.48. The summed E-state index contributed by atoms with van der Waals surface area (Å²) in [5, 5.41) is 7.63. The van der Waals surface area contributed by atoms with E-state index in [2.05, 4.69) is 5.32 Å². The molecule has 0 saturated heterocycles. The Kier molecular flexibility index (Phi) is 4.30. The highest BCUT2D eigenvalue weighted by Crippen LogP contribution is 2.24. The fourth-order valence-electron chi connectivity index (χ4n) is 1.96. The molecule has 116 valence electrons. The van der Waals surface area contributed by atoms with Crippen LogP contribution in [0.2, 0.25) is 0 Å². The van der Waals surface area contributed by atoms with Gasteiger partial charge < -0.3 is 5.32 Å². The topological polar surface area (TPSA) is 89.3 Å². The lowest BCUT2D eigenvalue weighted by molar-refractivity contribution is 0.102. The first kappa shape index (κ1) is 16.1. The van der Waals surface area contributed by atoms with E-state index in [1.165, 1.54) is 36.4 Å². The molecule has 22 heavy (non-hydrogen) atoms. The van der Waals surface area contributed by atoms with Crippen LogP contribution in [0, 0.1) is 19.7 Å². The van der Waals surface area contributed by atoms with E-state index in [-0.39, 0.29) is 16.1 Å². The molecule has 0 radical (unpaired) electrons. The molecule has 0 spiro atoms. The van der Waals surface area contributed by atoms with Crippen LogP contribution in [0.4, 0.5) is 10.1 Å². The zero-order valence-corrected chi connectivity index (χ0v) is 12.9. The second-order valence-corrected chi connectivity index (χ2v) is 6.45. The number of benzene rings is 2. The highest BCUT2D eigenvalue weighted by molar-refractivity contribution is 7.89. The monoisotopic (exact) mass is 322 g/mol. The number of sulfonamides is 1. The quantitative estimate of drug-likeness (QED) is 0.909. The number of rotatable bonds is 3. The van der Waals surface area contributed by atoms with E-state index in [4.69, 9.17) is 5.14 Å². The van der Waals surface area contributed by atoms with Crippen molar-refractivity contribution in [1.29, 1.82) is 0 Å². The zero-order chi connectivity index (χ0) is 16.5. The van der Waals surface area contributed by atoms with Gasteiger partial charge in [0.1, 0.15) is 5.82 Å². The maximum Gasteiger partial charge on any atom is 0.258 e. The van der Waals surface area contributed by atoms with Crippen molar-refractivity contribution in [2.45, 2.75) is 18.7 Å². The predicted molar refractivity (Wildman–Crippen MR) is 81.6 cm³/mol. The molecule has 0 aliphatic rings. The number of halogens is 1. The van der Waals surface area contributed by atoms with Gasteiger partial charge in [0.25, 0.3) is 5.91 Å². The van der Waals surface area contributed by atoms with E-state index in [1.807, 2.05) is 0 Å². The Morgan fingerprint density at radius 1 is 1.18 bits per heavy atom. The van der Waals surface area contributed by atoms with Crippen molar-refractivity contribution >= 4 is 21.6 Å². The number of hydrogen-bond acceptors (Lipinski definition) is 3. The van der Waals surface area contributed by atoms with Gasteiger partial charge in [0.2, 0.25) is 10.0 Å². The molecule has 2 aromatic rings. The lowest BCUT2D eigenvalue weighted by atomic mass is 10.1. The summed E-state index contributed by atoms with van der Waals surface area (Å²) < 4.78 is 36.5. The molecule has 0 saturated carbocycles. The summed E-state index contributed by atoms with van der Waals surface area (Å²) in [6, 6.07) is 8.21. The van der Waals surface area contributed by atoms with E-state index < -0.39 is 21.7 Å². The predicted octanol–water partition coefficient (Wildman–Crippen LogP) is 2.34. The van der Waals surface area contributed by atoms with Crippen LogP contribution in [-0.4, -0.2) is 14.3 Å². The molecule has 5 nitrogen and oxygen atoms in total. The lowest BCUT2D eigenvalue weighted by Gasteiger charge is -2.13. The maximum atomic E-state index is 13.6. The van der Waals surface area contributed by atoms with Crippen molar-refractivity contribution in [3.63, 3.8) is 0 Å². The summed E-state index contributed by atoms with van der Waals surface area (Å²) in [5.74, 6) is -1.32. The highest BCUT2D eigenvalue weighted by Gasteiger charge is 2.16. The summed E-state index contributed by atoms with van der Waals surface area (Å²) in [7, 11) is -3.90. The third-order valence-electron chi connectivity index (χ3n) is 3.34. The third kappa shape index (κ3) is 3.32. The minimum Gasteiger partial charge on any atom is -0.322 e. The standard InChI is InChI=1S/C15H15FN2O3S/c1-9-7-11(22(17,20)21)8-14(10(9)2)18-15(19)12-5-3-4-6-13(12)16/h3-8H,1-2H3,(H,18,19)(H2,17,20,21). The molecule has 0 aliphatic carbocycles. The second kappa shape index (κ2) is 5.86. The first-order valence-electron chi connectivity index (χ1n) is 6.40. The molecule has 7 heteroatoms. The van der Waals surface area contributed by atoms with Gasteiger partial charge in [0, 0.05) is 5.69 Å². The minimum atomic E-state index is -3.90. The largest absolute Gasteiger partial charge is 0.322 e. The number of hydrogen-bond donors (Lipinski definition) is 2. The molecular weight excluding hydrogens is 307 g/mol. The molecule has 2 rings (SSSR count). The number of nitrogens with two attached hydrogens (primary N) is 1. The van der Waals surface area contributed by atoms with Crippen molar-refractivity contribution in [3.8, 4) is 0 Å². The summed E-state index contributed by atoms with van der Waals surface area (Å²) >= 11 is 0. The molecule has 0 heterocycles. The Morgan fingerprint density at radius 3 is 2.41 bits per heavy atom. The summed E-state index contributed by atoms with van der Waals surface area (Å²) in [6.07, 6.45) is 0. The first-order valence-corrected chi connectivity index (χ1v) is 7.94. The van der Waals surface area contributed by atoms with Crippen molar-refractivity contribution < 1.29 is 17.6 Å². The average molecular weight is 322 g/mol.